The maximum Gasteiger partial charge on any atom is 0.335 e. The molecule has 124 valence electrons. The molecule has 5 heteroatoms. The molecule has 0 spiro atoms. The van der Waals surface area contributed by atoms with E-state index in [4.69, 9.17) is 15.2 Å². The molecule has 0 unspecified atom stereocenters. The van der Waals surface area contributed by atoms with Gasteiger partial charge in [-0.1, -0.05) is 60.7 Å². The molecule has 0 saturated heterocycles. The van der Waals surface area contributed by atoms with Gasteiger partial charge in [-0.25, -0.2) is 4.79 Å². The molecular weight excluding hydrogens is 318 g/mol. The average Bonchev–Trinajstić information content (AvgIpc) is 3.05. The molecule has 0 fully saturated rings. The lowest BCUT2D eigenvalue weighted by molar-refractivity contribution is -0.0456. The first kappa shape index (κ1) is 15.1. The van der Waals surface area contributed by atoms with Crippen LogP contribution in [0.15, 0.2) is 72.8 Å². The van der Waals surface area contributed by atoms with Crippen molar-refractivity contribution < 1.29 is 19.4 Å². The van der Waals surface area contributed by atoms with Crippen LogP contribution in [-0.4, -0.2) is 11.1 Å². The Morgan fingerprint density at radius 3 is 1.96 bits per heavy atom. The molecule has 1 aliphatic heterocycles. The minimum Gasteiger partial charge on any atom is -0.478 e. The second-order valence-corrected chi connectivity index (χ2v) is 5.75. The Labute approximate surface area is 144 Å². The van der Waals surface area contributed by atoms with E-state index >= 15 is 0 Å². The number of fused-ring (bicyclic) bond motifs is 1. The number of ether oxygens (including phenoxy) is 2. The quantitative estimate of drug-likeness (QED) is 0.715. The van der Waals surface area contributed by atoms with E-state index in [9.17, 15) is 9.90 Å². The van der Waals surface area contributed by atoms with E-state index in [2.05, 4.69) is 0 Å². The van der Waals surface area contributed by atoms with Gasteiger partial charge in [0.15, 0.2) is 11.5 Å². The highest BCUT2D eigenvalue weighted by Gasteiger charge is 2.46. The van der Waals surface area contributed by atoms with Gasteiger partial charge in [-0.3, -0.25) is 0 Å². The summed E-state index contributed by atoms with van der Waals surface area (Å²) in [5, 5.41) is 9.25. The highest BCUT2D eigenvalue weighted by molar-refractivity contribution is 5.90. The van der Waals surface area contributed by atoms with Gasteiger partial charge in [0.05, 0.1) is 11.3 Å². The summed E-state index contributed by atoms with van der Waals surface area (Å²) in [5.41, 5.74) is 7.87. The van der Waals surface area contributed by atoms with Crippen LogP contribution < -0.4 is 15.2 Å². The molecule has 0 aromatic heterocycles. The third-order valence-corrected chi connectivity index (χ3v) is 4.14. The molecule has 25 heavy (non-hydrogen) atoms. The zero-order valence-electron chi connectivity index (χ0n) is 13.2. The molecule has 0 bridgehead atoms. The van der Waals surface area contributed by atoms with Crippen molar-refractivity contribution in [2.45, 2.75) is 5.79 Å². The highest BCUT2D eigenvalue weighted by atomic mass is 16.7. The second-order valence-electron chi connectivity index (χ2n) is 5.75. The van der Waals surface area contributed by atoms with Crippen molar-refractivity contribution in [3.05, 3.63) is 89.5 Å². The van der Waals surface area contributed by atoms with Crippen LogP contribution in [0, 0.1) is 0 Å². The first-order chi connectivity index (χ1) is 12.1. The van der Waals surface area contributed by atoms with E-state index < -0.39 is 11.8 Å². The number of nitrogen functional groups attached to an aromatic ring is 1. The molecule has 5 nitrogen and oxygen atoms in total. The van der Waals surface area contributed by atoms with Crippen molar-refractivity contribution in [3.63, 3.8) is 0 Å². The number of hydrogen-bond acceptors (Lipinski definition) is 4. The van der Waals surface area contributed by atoms with Gasteiger partial charge in [0, 0.05) is 11.1 Å². The minimum atomic E-state index is -1.21. The number of nitrogens with two attached hydrogens (primary N) is 1. The molecule has 1 aliphatic rings. The van der Waals surface area contributed by atoms with Crippen molar-refractivity contribution >= 4 is 11.7 Å². The Hall–Kier alpha value is -3.47. The van der Waals surface area contributed by atoms with Gasteiger partial charge < -0.3 is 20.3 Å². The highest BCUT2D eigenvalue weighted by Crippen LogP contribution is 2.50. The molecule has 0 saturated carbocycles. The Kier molecular flexibility index (Phi) is 3.35. The number of carboxylic acids is 1. The van der Waals surface area contributed by atoms with E-state index in [0.717, 1.165) is 11.1 Å². The minimum absolute atomic E-state index is 0.0526. The number of carbonyl (C=O) groups is 1. The number of carboxylic acid groups (broad SMARTS) is 1. The summed E-state index contributed by atoms with van der Waals surface area (Å²) in [6, 6.07) is 21.8. The van der Waals surface area contributed by atoms with Gasteiger partial charge >= 0.3 is 11.8 Å². The first-order valence-electron chi connectivity index (χ1n) is 7.76. The molecule has 0 aliphatic carbocycles. The topological polar surface area (TPSA) is 81.8 Å². The Morgan fingerprint density at radius 2 is 1.44 bits per heavy atom. The number of rotatable bonds is 3. The summed E-state index contributed by atoms with van der Waals surface area (Å²) in [4.78, 5) is 11.3. The summed E-state index contributed by atoms with van der Waals surface area (Å²) in [5.74, 6) is -1.63. The summed E-state index contributed by atoms with van der Waals surface area (Å²) in [6.07, 6.45) is 0. The third-order valence-electron chi connectivity index (χ3n) is 4.14. The molecule has 0 atom stereocenters. The number of benzene rings is 3. The lowest BCUT2D eigenvalue weighted by Gasteiger charge is -2.28. The maximum absolute atomic E-state index is 11.3. The van der Waals surface area contributed by atoms with Crippen molar-refractivity contribution in [2.24, 2.45) is 0 Å². The Morgan fingerprint density at radius 1 is 0.880 bits per heavy atom. The van der Waals surface area contributed by atoms with Gasteiger partial charge in [-0.05, 0) is 12.1 Å². The number of hydrogen-bond donors (Lipinski definition) is 2. The van der Waals surface area contributed by atoms with Gasteiger partial charge in [0.2, 0.25) is 0 Å². The molecule has 3 N–H and O–H groups in total. The Balaban J connectivity index is 1.90. The zero-order chi connectivity index (χ0) is 17.4. The largest absolute Gasteiger partial charge is 0.478 e. The first-order valence-corrected chi connectivity index (χ1v) is 7.76. The van der Waals surface area contributed by atoms with Gasteiger partial charge in [0.1, 0.15) is 0 Å². The molecule has 0 radical (unpaired) electrons. The smallest absolute Gasteiger partial charge is 0.335 e. The summed E-state index contributed by atoms with van der Waals surface area (Å²) in [7, 11) is 0. The van der Waals surface area contributed by atoms with Gasteiger partial charge in [-0.15, -0.1) is 0 Å². The monoisotopic (exact) mass is 333 g/mol. The molecule has 3 aromatic carbocycles. The number of anilines is 1. The van der Waals surface area contributed by atoms with Crippen LogP contribution in [0.2, 0.25) is 0 Å². The summed E-state index contributed by atoms with van der Waals surface area (Å²) >= 11 is 0. The standard InChI is InChI=1S/C20H15NO4/c21-16-11-13(19(22)23)12-17-18(16)25-20(24-17,14-7-3-1-4-8-14)15-9-5-2-6-10-15/h1-12H,21H2,(H,22,23). The second kappa shape index (κ2) is 5.56. The van der Waals surface area contributed by atoms with Crippen LogP contribution in [0.4, 0.5) is 5.69 Å². The van der Waals surface area contributed by atoms with Crippen LogP contribution >= 0.6 is 0 Å². The molecular formula is C20H15NO4. The van der Waals surface area contributed by atoms with Crippen molar-refractivity contribution in [2.75, 3.05) is 5.73 Å². The lowest BCUT2D eigenvalue weighted by atomic mass is 9.97. The van der Waals surface area contributed by atoms with E-state index in [0.29, 0.717) is 11.5 Å². The van der Waals surface area contributed by atoms with Gasteiger partial charge in [0.25, 0.3) is 0 Å². The molecule has 3 aromatic rings. The normalized spacial score (nSPS) is 14.2. The average molecular weight is 333 g/mol. The summed E-state index contributed by atoms with van der Waals surface area (Å²) in [6.45, 7) is 0. The fourth-order valence-electron chi connectivity index (χ4n) is 2.97. The van der Waals surface area contributed by atoms with E-state index in [1.165, 1.54) is 12.1 Å². The number of aromatic carboxylic acids is 1. The van der Waals surface area contributed by atoms with E-state index in [1.54, 1.807) is 0 Å². The van der Waals surface area contributed by atoms with E-state index in [1.807, 2.05) is 60.7 Å². The van der Waals surface area contributed by atoms with Crippen LogP contribution in [0.3, 0.4) is 0 Å². The van der Waals surface area contributed by atoms with Crippen molar-refractivity contribution in [1.29, 1.82) is 0 Å². The zero-order valence-corrected chi connectivity index (χ0v) is 13.2. The maximum atomic E-state index is 11.3. The fraction of sp³-hybridized carbons (Fsp3) is 0.0500. The van der Waals surface area contributed by atoms with Crippen molar-refractivity contribution in [1.82, 2.24) is 0 Å². The molecule has 1 heterocycles. The van der Waals surface area contributed by atoms with Crippen LogP contribution in [0.5, 0.6) is 11.5 Å². The van der Waals surface area contributed by atoms with E-state index in [-0.39, 0.29) is 11.3 Å². The lowest BCUT2D eigenvalue weighted by Crippen LogP contribution is -2.36. The Bertz CT molecular complexity index is 899. The van der Waals surface area contributed by atoms with Crippen LogP contribution in [0.25, 0.3) is 0 Å². The SMILES string of the molecule is Nc1cc(C(=O)O)cc2c1OC(c1ccccc1)(c1ccccc1)O2. The van der Waals surface area contributed by atoms with Crippen molar-refractivity contribution in [3.8, 4) is 11.5 Å². The predicted octanol–water partition coefficient (Wildman–Crippen LogP) is 3.64. The van der Waals surface area contributed by atoms with Crippen LogP contribution in [0.1, 0.15) is 21.5 Å². The van der Waals surface area contributed by atoms with Gasteiger partial charge in [-0.2, -0.15) is 0 Å². The predicted molar refractivity (Wildman–Crippen MR) is 92.7 cm³/mol. The fourth-order valence-corrected chi connectivity index (χ4v) is 2.97. The summed E-state index contributed by atoms with van der Waals surface area (Å²) < 4.78 is 12.4. The molecule has 0 amide bonds. The third kappa shape index (κ3) is 2.37. The molecule has 4 rings (SSSR count). The van der Waals surface area contributed by atoms with Crippen LogP contribution in [-0.2, 0) is 5.79 Å².